The maximum absolute atomic E-state index is 11.9. The minimum Gasteiger partial charge on any atom is -0.267 e. The third-order valence-corrected chi connectivity index (χ3v) is 3.71. The summed E-state index contributed by atoms with van der Waals surface area (Å²) in [5.41, 5.74) is 5.65. The first kappa shape index (κ1) is 14.8. The fourth-order valence-corrected chi connectivity index (χ4v) is 2.26. The van der Waals surface area contributed by atoms with Crippen LogP contribution < -0.4 is 10.9 Å². The quantitative estimate of drug-likeness (QED) is 0.601. The largest absolute Gasteiger partial charge is 0.270 e. The van der Waals surface area contributed by atoms with Crippen molar-refractivity contribution in [2.75, 3.05) is 0 Å². The van der Waals surface area contributed by atoms with Crippen molar-refractivity contribution in [3.8, 4) is 0 Å². The van der Waals surface area contributed by atoms with Crippen LogP contribution in [0.5, 0.6) is 0 Å². The molecule has 2 rings (SSSR count). The van der Waals surface area contributed by atoms with E-state index >= 15 is 0 Å². The molecule has 102 valence electrons. The number of hydrogen-bond donors (Lipinski definition) is 2. The number of nitrogens with one attached hydrogen (secondary N) is 2. The molecule has 0 saturated heterocycles. The Bertz CT molecular complexity index is 644. The lowest BCUT2D eigenvalue weighted by Crippen LogP contribution is -2.41. The molecule has 0 aromatic heterocycles. The predicted molar refractivity (Wildman–Crippen MR) is 85.5 cm³/mol. The Morgan fingerprint density at radius 3 is 2.15 bits per heavy atom. The Morgan fingerprint density at radius 2 is 1.50 bits per heavy atom. The van der Waals surface area contributed by atoms with E-state index in [1.54, 1.807) is 36.4 Å². The van der Waals surface area contributed by atoms with E-state index in [0.717, 1.165) is 3.57 Å². The Kier molecular flexibility index (Phi) is 4.97. The van der Waals surface area contributed by atoms with Crippen molar-refractivity contribution < 1.29 is 9.59 Å². The summed E-state index contributed by atoms with van der Waals surface area (Å²) < 4.78 is 0.809. The van der Waals surface area contributed by atoms with Gasteiger partial charge in [-0.1, -0.05) is 23.7 Å². The van der Waals surface area contributed by atoms with Gasteiger partial charge in [0.25, 0.3) is 11.8 Å². The number of hydrogen-bond acceptors (Lipinski definition) is 2. The van der Waals surface area contributed by atoms with Crippen molar-refractivity contribution in [2.45, 2.75) is 0 Å². The van der Waals surface area contributed by atoms with E-state index < -0.39 is 5.91 Å². The lowest BCUT2D eigenvalue weighted by molar-refractivity contribution is 0.0846. The van der Waals surface area contributed by atoms with E-state index in [2.05, 4.69) is 33.4 Å². The zero-order valence-electron chi connectivity index (χ0n) is 10.2. The number of benzene rings is 2. The summed E-state index contributed by atoms with van der Waals surface area (Å²) in [7, 11) is 0. The normalized spacial score (nSPS) is 9.90. The predicted octanol–water partition coefficient (Wildman–Crippen LogP) is 3.02. The van der Waals surface area contributed by atoms with Crippen molar-refractivity contribution >= 4 is 46.0 Å². The second kappa shape index (κ2) is 6.71. The molecule has 0 fully saturated rings. The van der Waals surface area contributed by atoms with Crippen molar-refractivity contribution in [3.63, 3.8) is 0 Å². The highest BCUT2D eigenvalue weighted by Crippen LogP contribution is 2.11. The van der Waals surface area contributed by atoms with E-state index in [9.17, 15) is 9.59 Å². The van der Waals surface area contributed by atoms with Gasteiger partial charge in [0.05, 0.1) is 5.56 Å². The molecule has 2 aromatic carbocycles. The molecule has 0 aliphatic heterocycles. The van der Waals surface area contributed by atoms with Gasteiger partial charge in [0.15, 0.2) is 0 Å². The van der Waals surface area contributed by atoms with Gasteiger partial charge in [-0.05, 0) is 59.0 Å². The summed E-state index contributed by atoms with van der Waals surface area (Å²) >= 11 is 7.80. The Labute approximate surface area is 134 Å². The lowest BCUT2D eigenvalue weighted by Gasteiger charge is -2.08. The van der Waals surface area contributed by atoms with Crippen LogP contribution in [-0.2, 0) is 0 Å². The Morgan fingerprint density at radius 1 is 0.900 bits per heavy atom. The van der Waals surface area contributed by atoms with Crippen molar-refractivity contribution in [2.24, 2.45) is 0 Å². The molecular formula is C14H10ClIN2O2. The molecule has 0 bridgehead atoms. The van der Waals surface area contributed by atoms with Crippen LogP contribution in [-0.4, -0.2) is 11.8 Å². The number of halogens is 2. The highest BCUT2D eigenvalue weighted by molar-refractivity contribution is 14.1. The SMILES string of the molecule is O=C(NNC(=O)c1ccccc1I)c1ccc(Cl)cc1. The zero-order chi connectivity index (χ0) is 14.5. The molecule has 0 atom stereocenters. The number of rotatable bonds is 2. The molecule has 2 N–H and O–H groups in total. The average Bonchev–Trinajstić information content (AvgIpc) is 2.45. The molecule has 0 aliphatic rings. The molecular weight excluding hydrogens is 391 g/mol. The molecule has 6 heteroatoms. The van der Waals surface area contributed by atoms with Crippen molar-refractivity contribution in [1.82, 2.24) is 10.9 Å². The van der Waals surface area contributed by atoms with E-state index in [1.165, 1.54) is 0 Å². The molecule has 2 amide bonds. The second-order valence-corrected chi connectivity index (χ2v) is 5.49. The smallest absolute Gasteiger partial charge is 0.267 e. The second-order valence-electron chi connectivity index (χ2n) is 3.89. The van der Waals surface area contributed by atoms with Crippen molar-refractivity contribution in [1.29, 1.82) is 0 Å². The van der Waals surface area contributed by atoms with Crippen LogP contribution in [0.4, 0.5) is 0 Å². The van der Waals surface area contributed by atoms with E-state index in [1.807, 2.05) is 12.1 Å². The van der Waals surface area contributed by atoms with Crippen LogP contribution in [0.2, 0.25) is 5.02 Å². The van der Waals surface area contributed by atoms with Crippen LogP contribution >= 0.6 is 34.2 Å². The fourth-order valence-electron chi connectivity index (χ4n) is 1.50. The summed E-state index contributed by atoms with van der Waals surface area (Å²) in [6.07, 6.45) is 0. The summed E-state index contributed by atoms with van der Waals surface area (Å²) in [6.45, 7) is 0. The van der Waals surface area contributed by atoms with Gasteiger partial charge in [0, 0.05) is 14.2 Å². The van der Waals surface area contributed by atoms with Crippen LogP contribution in [0.15, 0.2) is 48.5 Å². The zero-order valence-corrected chi connectivity index (χ0v) is 13.1. The molecule has 0 radical (unpaired) electrons. The third kappa shape index (κ3) is 3.71. The standard InChI is InChI=1S/C14H10ClIN2O2/c15-10-7-5-9(6-8-10)13(19)17-18-14(20)11-3-1-2-4-12(11)16/h1-8H,(H,17,19)(H,18,20). The first-order valence-corrected chi connectivity index (χ1v) is 7.14. The van der Waals surface area contributed by atoms with Gasteiger partial charge in [0.1, 0.15) is 0 Å². The summed E-state index contributed by atoms with van der Waals surface area (Å²) in [5.74, 6) is -0.765. The summed E-state index contributed by atoms with van der Waals surface area (Å²) in [4.78, 5) is 23.7. The highest BCUT2D eigenvalue weighted by atomic mass is 127. The van der Waals surface area contributed by atoms with Gasteiger partial charge in [-0.2, -0.15) is 0 Å². The molecule has 20 heavy (non-hydrogen) atoms. The minimum absolute atomic E-state index is 0.364. The number of hydrazine groups is 1. The molecule has 0 saturated carbocycles. The van der Waals surface area contributed by atoms with E-state index in [0.29, 0.717) is 16.1 Å². The Balaban J connectivity index is 1.99. The molecule has 2 aromatic rings. The van der Waals surface area contributed by atoms with Gasteiger partial charge in [-0.25, -0.2) is 0 Å². The Hall–Kier alpha value is -1.60. The number of amides is 2. The number of carbonyl (C=O) groups excluding carboxylic acids is 2. The fraction of sp³-hybridized carbons (Fsp3) is 0. The van der Waals surface area contributed by atoms with E-state index in [4.69, 9.17) is 11.6 Å². The van der Waals surface area contributed by atoms with Gasteiger partial charge >= 0.3 is 0 Å². The summed E-state index contributed by atoms with van der Waals surface area (Å²) in [6, 6.07) is 13.5. The van der Waals surface area contributed by atoms with Gasteiger partial charge in [-0.15, -0.1) is 0 Å². The van der Waals surface area contributed by atoms with Crippen molar-refractivity contribution in [3.05, 3.63) is 68.3 Å². The number of carbonyl (C=O) groups is 2. The topological polar surface area (TPSA) is 58.2 Å². The molecule has 0 unspecified atom stereocenters. The molecule has 0 aliphatic carbocycles. The van der Waals surface area contributed by atoms with E-state index in [-0.39, 0.29) is 5.91 Å². The lowest BCUT2D eigenvalue weighted by atomic mass is 10.2. The van der Waals surface area contributed by atoms with Gasteiger partial charge in [0.2, 0.25) is 0 Å². The van der Waals surface area contributed by atoms with Crippen LogP contribution in [0.25, 0.3) is 0 Å². The average molecular weight is 401 g/mol. The monoisotopic (exact) mass is 400 g/mol. The first-order valence-electron chi connectivity index (χ1n) is 5.68. The molecule has 0 spiro atoms. The van der Waals surface area contributed by atoms with Crippen LogP contribution in [0.3, 0.4) is 0 Å². The molecule has 0 heterocycles. The highest BCUT2D eigenvalue weighted by Gasteiger charge is 2.11. The minimum atomic E-state index is -0.402. The summed E-state index contributed by atoms with van der Waals surface area (Å²) in [5, 5.41) is 0.546. The van der Waals surface area contributed by atoms with Gasteiger partial charge in [-0.3, -0.25) is 20.4 Å². The first-order chi connectivity index (χ1) is 9.58. The van der Waals surface area contributed by atoms with Gasteiger partial charge < -0.3 is 0 Å². The maximum atomic E-state index is 11.9. The third-order valence-electron chi connectivity index (χ3n) is 2.51. The maximum Gasteiger partial charge on any atom is 0.270 e. The van der Waals surface area contributed by atoms with Crippen LogP contribution in [0.1, 0.15) is 20.7 Å². The van der Waals surface area contributed by atoms with Crippen LogP contribution in [0, 0.1) is 3.57 Å². The molecule has 4 nitrogen and oxygen atoms in total.